The van der Waals surface area contributed by atoms with Crippen LogP contribution in [0.1, 0.15) is 102 Å². The van der Waals surface area contributed by atoms with Crippen LogP contribution in [0, 0.1) is 17.8 Å². The summed E-state index contributed by atoms with van der Waals surface area (Å²) in [4.78, 5) is 14.6. The van der Waals surface area contributed by atoms with E-state index in [1.807, 2.05) is 0 Å². The minimum absolute atomic E-state index is 0.464. The number of ether oxygens (including phenoxy) is 2. The van der Waals surface area contributed by atoms with Gasteiger partial charge in [0.1, 0.15) is 12.4 Å². The van der Waals surface area contributed by atoms with Crippen molar-refractivity contribution in [2.24, 2.45) is 17.8 Å². The third-order valence-electron chi connectivity index (χ3n) is 9.84. The number of benzene rings is 1. The second kappa shape index (κ2) is 10.3. The molecular formula is C30H45NO4. The molecule has 5 heteroatoms. The molecule has 1 spiro atoms. The highest BCUT2D eigenvalue weighted by Gasteiger charge is 2.56. The molecule has 2 heterocycles. The summed E-state index contributed by atoms with van der Waals surface area (Å²) in [7, 11) is 0. The molecule has 2 aliphatic heterocycles. The van der Waals surface area contributed by atoms with Crippen molar-refractivity contribution >= 4 is 0 Å². The first-order chi connectivity index (χ1) is 17.1. The minimum Gasteiger partial charge on any atom is -0.492 e. The van der Waals surface area contributed by atoms with E-state index >= 15 is 0 Å². The van der Waals surface area contributed by atoms with Crippen LogP contribution in [-0.2, 0) is 14.5 Å². The van der Waals surface area contributed by atoms with E-state index < -0.39 is 11.6 Å². The van der Waals surface area contributed by atoms with Gasteiger partial charge in [0.05, 0.1) is 0 Å². The lowest BCUT2D eigenvalue weighted by atomic mass is 9.66. The quantitative estimate of drug-likeness (QED) is 0.415. The molecule has 0 N–H and O–H groups in total. The molecule has 3 saturated carbocycles. The Bertz CT molecular complexity index is 817. The Morgan fingerprint density at radius 2 is 1.57 bits per heavy atom. The predicted octanol–water partition coefficient (Wildman–Crippen LogP) is 6.82. The van der Waals surface area contributed by atoms with Crippen molar-refractivity contribution in [1.82, 2.24) is 4.90 Å². The van der Waals surface area contributed by atoms with Crippen LogP contribution >= 0.6 is 0 Å². The monoisotopic (exact) mass is 483 g/mol. The van der Waals surface area contributed by atoms with Gasteiger partial charge in [-0.15, -0.1) is 0 Å². The third-order valence-corrected chi connectivity index (χ3v) is 9.84. The van der Waals surface area contributed by atoms with Crippen LogP contribution in [-0.4, -0.2) is 42.7 Å². The Balaban J connectivity index is 0.985. The standard InChI is InChI=1S/C30H45NO4/c1-29(27-21-23-6-5-7-24(20-23)22-27)33-30(35-34-29)14-12-26(13-15-30)25-8-10-28(11-9-25)32-19-18-31-16-3-2-4-17-31/h8-11,23-24,26-27H,2-7,12-22H2,1H3/t23?,24?,26-,27?,29-,30+/m0/s1. The summed E-state index contributed by atoms with van der Waals surface area (Å²) >= 11 is 0. The van der Waals surface area contributed by atoms with E-state index in [4.69, 9.17) is 19.2 Å². The average Bonchev–Trinajstić information content (AvgIpc) is 3.22. The largest absolute Gasteiger partial charge is 0.492 e. The van der Waals surface area contributed by atoms with Gasteiger partial charge in [-0.25, -0.2) is 0 Å². The maximum atomic E-state index is 6.71. The molecule has 1 aromatic carbocycles. The van der Waals surface area contributed by atoms with Gasteiger partial charge in [0.15, 0.2) is 0 Å². The highest BCUT2D eigenvalue weighted by atomic mass is 17.3. The van der Waals surface area contributed by atoms with E-state index in [0.717, 1.165) is 56.4 Å². The fourth-order valence-corrected chi connectivity index (χ4v) is 7.76. The normalized spacial score (nSPS) is 40.1. The number of likely N-dealkylation sites (tertiary alicyclic amines) is 1. The fourth-order valence-electron chi connectivity index (χ4n) is 7.76. The second-order valence-electron chi connectivity index (χ2n) is 12.4. The molecule has 0 radical (unpaired) electrons. The molecule has 2 saturated heterocycles. The van der Waals surface area contributed by atoms with Crippen molar-refractivity contribution in [3.05, 3.63) is 29.8 Å². The summed E-state index contributed by atoms with van der Waals surface area (Å²) in [5.74, 6) is 2.61. The van der Waals surface area contributed by atoms with E-state index in [9.17, 15) is 0 Å². The lowest BCUT2D eigenvalue weighted by Gasteiger charge is -2.44. The molecule has 5 aliphatic rings. The van der Waals surface area contributed by atoms with Crippen molar-refractivity contribution in [3.8, 4) is 5.75 Å². The molecule has 5 fully saturated rings. The summed E-state index contributed by atoms with van der Waals surface area (Å²) in [5.41, 5.74) is 1.41. The van der Waals surface area contributed by atoms with Crippen molar-refractivity contribution in [1.29, 1.82) is 0 Å². The van der Waals surface area contributed by atoms with Gasteiger partial charge in [-0.3, -0.25) is 4.90 Å². The number of piperidine rings is 1. The highest BCUT2D eigenvalue weighted by molar-refractivity contribution is 5.30. The number of fused-ring (bicyclic) bond motifs is 2. The Morgan fingerprint density at radius 3 is 2.29 bits per heavy atom. The molecule has 2 bridgehead atoms. The molecule has 3 atom stereocenters. The maximum absolute atomic E-state index is 6.71. The van der Waals surface area contributed by atoms with Gasteiger partial charge in [0.2, 0.25) is 11.6 Å². The predicted molar refractivity (Wildman–Crippen MR) is 136 cm³/mol. The first-order valence-electron chi connectivity index (χ1n) is 14.6. The van der Waals surface area contributed by atoms with Crippen molar-refractivity contribution in [2.75, 3.05) is 26.2 Å². The van der Waals surface area contributed by atoms with Gasteiger partial charge in [-0.05, 0) is 100 Å². The summed E-state index contributed by atoms with van der Waals surface area (Å²) < 4.78 is 12.7. The number of nitrogens with zero attached hydrogens (tertiary/aromatic N) is 1. The fraction of sp³-hybridized carbons (Fsp3) is 0.800. The Kier molecular flexibility index (Phi) is 7.14. The molecule has 194 valence electrons. The summed E-state index contributed by atoms with van der Waals surface area (Å²) in [6.07, 6.45) is 16.1. The average molecular weight is 484 g/mol. The SMILES string of the molecule is C[C@@]1(C2CC3CCCC(C3)C2)OO[C@]2(CC[C@@H](c3ccc(OCCN4CCCCC4)cc3)CC2)O1. The van der Waals surface area contributed by atoms with Crippen LogP contribution in [0.25, 0.3) is 0 Å². The van der Waals surface area contributed by atoms with E-state index in [0.29, 0.717) is 11.8 Å². The van der Waals surface area contributed by atoms with Crippen LogP contribution in [0.5, 0.6) is 5.75 Å². The van der Waals surface area contributed by atoms with Gasteiger partial charge in [-0.1, -0.05) is 37.8 Å². The zero-order valence-electron chi connectivity index (χ0n) is 21.7. The van der Waals surface area contributed by atoms with E-state index in [2.05, 4.69) is 36.1 Å². The first-order valence-corrected chi connectivity index (χ1v) is 14.6. The highest BCUT2D eigenvalue weighted by Crippen LogP contribution is 2.53. The van der Waals surface area contributed by atoms with E-state index in [1.54, 1.807) is 0 Å². The van der Waals surface area contributed by atoms with E-state index in [-0.39, 0.29) is 0 Å². The lowest BCUT2D eigenvalue weighted by molar-refractivity contribution is -0.361. The van der Waals surface area contributed by atoms with Gasteiger partial charge >= 0.3 is 0 Å². The maximum Gasteiger partial charge on any atom is 0.204 e. The minimum atomic E-state index is -0.575. The Morgan fingerprint density at radius 1 is 0.857 bits per heavy atom. The van der Waals surface area contributed by atoms with Crippen LogP contribution in [0.15, 0.2) is 24.3 Å². The van der Waals surface area contributed by atoms with Gasteiger partial charge in [0, 0.05) is 25.3 Å². The molecule has 3 aliphatic carbocycles. The molecule has 0 aromatic heterocycles. The number of hydrogen-bond acceptors (Lipinski definition) is 5. The zero-order chi connectivity index (χ0) is 23.7. The summed E-state index contributed by atoms with van der Waals surface area (Å²) in [5, 5.41) is 0. The van der Waals surface area contributed by atoms with Crippen LogP contribution in [0.3, 0.4) is 0 Å². The van der Waals surface area contributed by atoms with Crippen LogP contribution in [0.4, 0.5) is 0 Å². The molecule has 2 unspecified atom stereocenters. The zero-order valence-corrected chi connectivity index (χ0v) is 21.7. The first kappa shape index (κ1) is 24.2. The van der Waals surface area contributed by atoms with Gasteiger partial charge in [0.25, 0.3) is 0 Å². The van der Waals surface area contributed by atoms with Gasteiger partial charge in [-0.2, -0.15) is 9.78 Å². The Labute approximate surface area is 211 Å². The molecule has 0 amide bonds. The number of rotatable bonds is 6. The smallest absolute Gasteiger partial charge is 0.204 e. The molecule has 35 heavy (non-hydrogen) atoms. The number of hydrogen-bond donors (Lipinski definition) is 0. The molecule has 6 rings (SSSR count). The van der Waals surface area contributed by atoms with Crippen LogP contribution < -0.4 is 4.74 Å². The summed E-state index contributed by atoms with van der Waals surface area (Å²) in [6, 6.07) is 8.82. The second-order valence-corrected chi connectivity index (χ2v) is 12.4. The van der Waals surface area contributed by atoms with Crippen LogP contribution in [0.2, 0.25) is 0 Å². The van der Waals surface area contributed by atoms with Crippen molar-refractivity contribution < 1.29 is 19.2 Å². The molecule has 1 aromatic rings. The third kappa shape index (κ3) is 5.44. The topological polar surface area (TPSA) is 40.2 Å². The summed E-state index contributed by atoms with van der Waals surface area (Å²) in [6.45, 7) is 6.41. The van der Waals surface area contributed by atoms with Crippen molar-refractivity contribution in [3.63, 3.8) is 0 Å². The van der Waals surface area contributed by atoms with Crippen molar-refractivity contribution in [2.45, 2.75) is 108 Å². The Hall–Kier alpha value is -1.14. The van der Waals surface area contributed by atoms with E-state index in [1.165, 1.54) is 76.4 Å². The van der Waals surface area contributed by atoms with Gasteiger partial charge < -0.3 is 9.47 Å². The molecular weight excluding hydrogens is 438 g/mol. The lowest BCUT2D eigenvalue weighted by Crippen LogP contribution is -2.45. The molecule has 5 nitrogen and oxygen atoms in total.